The van der Waals surface area contributed by atoms with Gasteiger partial charge in [-0.2, -0.15) is 4.31 Å². The van der Waals surface area contributed by atoms with Gasteiger partial charge in [0.15, 0.2) is 6.61 Å². The summed E-state index contributed by atoms with van der Waals surface area (Å²) in [7, 11) is -2.68. The Morgan fingerprint density at radius 2 is 2.04 bits per heavy atom. The zero-order valence-electron chi connectivity index (χ0n) is 15.0. The molecule has 1 aliphatic carbocycles. The maximum Gasteiger partial charge on any atom is 0.262 e. The monoisotopic (exact) mass is 415 g/mol. The number of hydrogen-bond donors (Lipinski definition) is 2. The molecule has 1 aromatic carbocycles. The summed E-state index contributed by atoms with van der Waals surface area (Å²) >= 11 is 6.12. The van der Waals surface area contributed by atoms with Crippen molar-refractivity contribution in [2.24, 2.45) is 0 Å². The summed E-state index contributed by atoms with van der Waals surface area (Å²) in [6, 6.07) is 2.70. The highest BCUT2D eigenvalue weighted by molar-refractivity contribution is 7.89. The van der Waals surface area contributed by atoms with Crippen LogP contribution in [-0.2, 0) is 19.6 Å². The minimum atomic E-state index is -4.00. The molecule has 0 radical (unpaired) electrons. The van der Waals surface area contributed by atoms with Crippen molar-refractivity contribution in [3.05, 3.63) is 17.2 Å². The van der Waals surface area contributed by atoms with Gasteiger partial charge in [0.2, 0.25) is 15.9 Å². The summed E-state index contributed by atoms with van der Waals surface area (Å²) in [5, 5.41) is 5.40. The Morgan fingerprint density at radius 1 is 1.33 bits per heavy atom. The molecule has 2 amide bonds. The van der Waals surface area contributed by atoms with E-state index in [0.29, 0.717) is 5.69 Å². The molecule has 3 rings (SSSR count). The van der Waals surface area contributed by atoms with Gasteiger partial charge in [-0.15, -0.1) is 0 Å². The topological polar surface area (TPSA) is 105 Å². The molecule has 1 aliphatic heterocycles. The van der Waals surface area contributed by atoms with Gasteiger partial charge in [-0.05, 0) is 18.9 Å². The molecular weight excluding hydrogens is 394 g/mol. The standard InChI is InChI=1S/C17H22ClN3O5S/c1-21(9-16(22)19-11-5-3-2-4-6-11)27(24,25)15-8-14-13(7-12(15)18)20-17(23)10-26-14/h7-8,11H,2-6,9-10H2,1H3,(H,19,22)(H,20,23). The molecular formula is C17H22ClN3O5S. The number of amides is 2. The van der Waals surface area contributed by atoms with Gasteiger partial charge < -0.3 is 15.4 Å². The van der Waals surface area contributed by atoms with Crippen LogP contribution < -0.4 is 15.4 Å². The first-order valence-corrected chi connectivity index (χ1v) is 10.6. The lowest BCUT2D eigenvalue weighted by Crippen LogP contribution is -2.43. The maximum atomic E-state index is 12.8. The highest BCUT2D eigenvalue weighted by Crippen LogP contribution is 2.36. The molecule has 1 heterocycles. The highest BCUT2D eigenvalue weighted by Gasteiger charge is 2.29. The number of nitrogens with one attached hydrogen (secondary N) is 2. The van der Waals surface area contributed by atoms with Crippen LogP contribution in [0.4, 0.5) is 5.69 Å². The summed E-state index contributed by atoms with van der Waals surface area (Å²) in [5.74, 6) is -0.464. The fourth-order valence-electron chi connectivity index (χ4n) is 3.25. The molecule has 2 aliphatic rings. The van der Waals surface area contributed by atoms with E-state index in [1.54, 1.807) is 0 Å². The van der Waals surface area contributed by atoms with E-state index in [9.17, 15) is 18.0 Å². The van der Waals surface area contributed by atoms with Crippen LogP contribution in [0.1, 0.15) is 32.1 Å². The van der Waals surface area contributed by atoms with E-state index in [4.69, 9.17) is 16.3 Å². The van der Waals surface area contributed by atoms with Crippen LogP contribution in [0.3, 0.4) is 0 Å². The number of hydrogen-bond acceptors (Lipinski definition) is 5. The van der Waals surface area contributed by atoms with Crippen LogP contribution in [0.15, 0.2) is 17.0 Å². The molecule has 27 heavy (non-hydrogen) atoms. The van der Waals surface area contributed by atoms with Crippen LogP contribution in [-0.4, -0.2) is 50.8 Å². The predicted octanol–water partition coefficient (Wildman–Crippen LogP) is 1.74. The number of ether oxygens (including phenoxy) is 1. The second kappa shape index (κ2) is 8.04. The molecule has 0 atom stereocenters. The SMILES string of the molecule is CN(CC(=O)NC1CCCCC1)S(=O)(=O)c1cc2c(cc1Cl)NC(=O)CO2. The van der Waals surface area contributed by atoms with Crippen LogP contribution in [0.25, 0.3) is 0 Å². The highest BCUT2D eigenvalue weighted by atomic mass is 35.5. The average molecular weight is 416 g/mol. The third-order valence-electron chi connectivity index (χ3n) is 4.69. The summed E-state index contributed by atoms with van der Waals surface area (Å²) in [6.45, 7) is -0.502. The number of carbonyl (C=O) groups is 2. The number of likely N-dealkylation sites (N-methyl/N-ethyl adjacent to an activating group) is 1. The van der Waals surface area contributed by atoms with Crippen molar-refractivity contribution in [3.8, 4) is 5.75 Å². The Bertz CT molecular complexity index is 852. The Morgan fingerprint density at radius 3 is 2.74 bits per heavy atom. The van der Waals surface area contributed by atoms with E-state index in [0.717, 1.165) is 30.0 Å². The minimum absolute atomic E-state index is 0.0564. The first-order chi connectivity index (χ1) is 12.8. The van der Waals surface area contributed by atoms with Gasteiger partial charge in [-0.25, -0.2) is 8.42 Å². The van der Waals surface area contributed by atoms with E-state index >= 15 is 0 Å². The number of benzene rings is 1. The normalized spacial score (nSPS) is 17.8. The van der Waals surface area contributed by atoms with Crippen molar-refractivity contribution in [1.29, 1.82) is 0 Å². The zero-order valence-corrected chi connectivity index (χ0v) is 16.5. The Labute approximate surface area is 163 Å². The van der Waals surface area contributed by atoms with E-state index < -0.39 is 10.0 Å². The van der Waals surface area contributed by atoms with Crippen LogP contribution in [0.5, 0.6) is 5.75 Å². The van der Waals surface area contributed by atoms with Crippen molar-refractivity contribution >= 4 is 39.1 Å². The second-order valence-electron chi connectivity index (χ2n) is 6.78. The lowest BCUT2D eigenvalue weighted by atomic mass is 9.95. The molecule has 0 unspecified atom stereocenters. The Hall–Kier alpha value is -1.84. The molecule has 0 spiro atoms. The van der Waals surface area contributed by atoms with Gasteiger partial charge in [-0.1, -0.05) is 30.9 Å². The molecule has 10 heteroatoms. The van der Waals surface area contributed by atoms with Gasteiger partial charge in [0.25, 0.3) is 5.91 Å². The van der Waals surface area contributed by atoms with Crippen LogP contribution in [0, 0.1) is 0 Å². The summed E-state index contributed by atoms with van der Waals surface area (Å²) in [6.07, 6.45) is 5.14. The van der Waals surface area contributed by atoms with Crippen molar-refractivity contribution in [2.75, 3.05) is 25.5 Å². The van der Waals surface area contributed by atoms with Gasteiger partial charge in [0, 0.05) is 19.2 Å². The number of fused-ring (bicyclic) bond motifs is 1. The van der Waals surface area contributed by atoms with Crippen molar-refractivity contribution < 1.29 is 22.7 Å². The molecule has 0 bridgehead atoms. The quantitative estimate of drug-likeness (QED) is 0.762. The third-order valence-corrected chi connectivity index (χ3v) is 6.96. The molecule has 0 saturated heterocycles. The first-order valence-electron chi connectivity index (χ1n) is 8.79. The van der Waals surface area contributed by atoms with E-state index in [1.165, 1.54) is 25.6 Å². The largest absolute Gasteiger partial charge is 0.482 e. The van der Waals surface area contributed by atoms with Gasteiger partial charge in [0.1, 0.15) is 10.6 Å². The number of sulfonamides is 1. The first kappa shape index (κ1) is 19.9. The summed E-state index contributed by atoms with van der Waals surface area (Å²) in [4.78, 5) is 23.4. The third kappa shape index (κ3) is 4.53. The molecule has 148 valence electrons. The average Bonchev–Trinajstić information content (AvgIpc) is 2.61. The maximum absolute atomic E-state index is 12.8. The number of rotatable bonds is 5. The van der Waals surface area contributed by atoms with Gasteiger partial charge >= 0.3 is 0 Å². The Kier molecular flexibility index (Phi) is 5.92. The number of nitrogens with zero attached hydrogens (tertiary/aromatic N) is 1. The van der Waals surface area contributed by atoms with E-state index in [-0.39, 0.29) is 46.7 Å². The summed E-state index contributed by atoms with van der Waals surface area (Å²) in [5.41, 5.74) is 0.313. The molecule has 8 nitrogen and oxygen atoms in total. The van der Waals surface area contributed by atoms with Crippen molar-refractivity contribution in [1.82, 2.24) is 9.62 Å². The summed E-state index contributed by atoms with van der Waals surface area (Å²) < 4.78 is 31.9. The molecule has 1 saturated carbocycles. The smallest absolute Gasteiger partial charge is 0.262 e. The van der Waals surface area contributed by atoms with Gasteiger partial charge in [-0.3, -0.25) is 9.59 Å². The number of carbonyl (C=O) groups excluding carboxylic acids is 2. The fraction of sp³-hybridized carbons (Fsp3) is 0.529. The Balaban J connectivity index is 1.73. The molecule has 1 fully saturated rings. The van der Waals surface area contributed by atoms with Gasteiger partial charge in [0.05, 0.1) is 17.3 Å². The van der Waals surface area contributed by atoms with Crippen LogP contribution >= 0.6 is 11.6 Å². The van der Waals surface area contributed by atoms with E-state index in [2.05, 4.69) is 10.6 Å². The van der Waals surface area contributed by atoms with Crippen LogP contribution in [0.2, 0.25) is 5.02 Å². The number of halogens is 1. The lowest BCUT2D eigenvalue weighted by molar-refractivity contribution is -0.122. The number of anilines is 1. The predicted molar refractivity (Wildman–Crippen MR) is 100 cm³/mol. The lowest BCUT2D eigenvalue weighted by Gasteiger charge is -2.25. The molecule has 0 aromatic heterocycles. The zero-order chi connectivity index (χ0) is 19.6. The fourth-order valence-corrected chi connectivity index (χ4v) is 4.89. The van der Waals surface area contributed by atoms with Crippen molar-refractivity contribution in [3.63, 3.8) is 0 Å². The van der Waals surface area contributed by atoms with Crippen molar-refractivity contribution in [2.45, 2.75) is 43.0 Å². The second-order valence-corrected chi connectivity index (χ2v) is 9.20. The minimum Gasteiger partial charge on any atom is -0.482 e. The molecule has 2 N–H and O–H groups in total. The molecule has 1 aromatic rings. The van der Waals surface area contributed by atoms with E-state index in [1.807, 2.05) is 0 Å².